The molecule has 16 heavy (non-hydrogen) atoms. The highest BCUT2D eigenvalue weighted by molar-refractivity contribution is 5.87. The van der Waals surface area contributed by atoms with Crippen molar-refractivity contribution in [1.29, 1.82) is 0 Å². The van der Waals surface area contributed by atoms with E-state index in [1.165, 1.54) is 24.8 Å². The van der Waals surface area contributed by atoms with Crippen LogP contribution in [0.5, 0.6) is 0 Å². The topological polar surface area (TPSA) is 17.1 Å². The standard InChI is InChI=1S/C15H24O/c1-10(2)12-7-9-15(4)8-5-6-11(3)13(15)14(12)16/h10,12-13H,3,5-9H2,1-2,4H3/t12-,13?,15-/m1/s1. The Labute approximate surface area is 99.3 Å². The molecule has 1 heteroatoms. The molecule has 0 N–H and O–H groups in total. The van der Waals surface area contributed by atoms with Crippen molar-refractivity contribution in [3.63, 3.8) is 0 Å². The zero-order chi connectivity index (χ0) is 11.9. The van der Waals surface area contributed by atoms with E-state index < -0.39 is 0 Å². The Morgan fingerprint density at radius 1 is 1.38 bits per heavy atom. The molecule has 0 spiro atoms. The summed E-state index contributed by atoms with van der Waals surface area (Å²) in [6, 6.07) is 0. The second-order valence-corrected chi connectivity index (χ2v) is 6.39. The number of carbonyl (C=O) groups excluding carboxylic acids is 1. The molecule has 0 aromatic carbocycles. The van der Waals surface area contributed by atoms with Gasteiger partial charge in [-0.1, -0.05) is 32.9 Å². The molecule has 0 radical (unpaired) electrons. The van der Waals surface area contributed by atoms with Crippen LogP contribution in [0.2, 0.25) is 0 Å². The van der Waals surface area contributed by atoms with Crippen LogP contribution >= 0.6 is 0 Å². The third-order valence-electron chi connectivity index (χ3n) is 4.83. The van der Waals surface area contributed by atoms with Crippen LogP contribution < -0.4 is 0 Å². The zero-order valence-corrected chi connectivity index (χ0v) is 10.9. The van der Waals surface area contributed by atoms with Crippen LogP contribution in [-0.4, -0.2) is 5.78 Å². The molecule has 2 aliphatic rings. The molecule has 2 saturated carbocycles. The first kappa shape index (κ1) is 11.9. The van der Waals surface area contributed by atoms with Crippen molar-refractivity contribution < 1.29 is 4.79 Å². The minimum absolute atomic E-state index is 0.169. The molecule has 2 rings (SSSR count). The number of hydrogen-bond acceptors (Lipinski definition) is 1. The highest BCUT2D eigenvalue weighted by Gasteiger charge is 2.48. The van der Waals surface area contributed by atoms with Crippen LogP contribution in [0.3, 0.4) is 0 Å². The molecule has 0 bridgehead atoms. The van der Waals surface area contributed by atoms with Gasteiger partial charge in [0.1, 0.15) is 5.78 Å². The van der Waals surface area contributed by atoms with E-state index in [-0.39, 0.29) is 17.3 Å². The van der Waals surface area contributed by atoms with E-state index in [0.717, 1.165) is 12.8 Å². The third kappa shape index (κ3) is 1.74. The van der Waals surface area contributed by atoms with Crippen LogP contribution in [0.1, 0.15) is 52.9 Å². The van der Waals surface area contributed by atoms with Crippen LogP contribution in [0, 0.1) is 23.2 Å². The van der Waals surface area contributed by atoms with Crippen molar-refractivity contribution >= 4 is 5.78 Å². The summed E-state index contributed by atoms with van der Waals surface area (Å²) in [5, 5.41) is 0. The Hall–Kier alpha value is -0.590. The van der Waals surface area contributed by atoms with Gasteiger partial charge in [-0.2, -0.15) is 0 Å². The summed E-state index contributed by atoms with van der Waals surface area (Å²) in [7, 11) is 0. The Kier molecular flexibility index (Phi) is 2.98. The maximum atomic E-state index is 12.6. The van der Waals surface area contributed by atoms with Gasteiger partial charge in [0, 0.05) is 11.8 Å². The van der Waals surface area contributed by atoms with Crippen molar-refractivity contribution in [2.75, 3.05) is 0 Å². The minimum atomic E-state index is 0.169. The summed E-state index contributed by atoms with van der Waals surface area (Å²) >= 11 is 0. The van der Waals surface area contributed by atoms with Crippen molar-refractivity contribution in [3.8, 4) is 0 Å². The number of carbonyl (C=O) groups is 1. The first-order chi connectivity index (χ1) is 7.46. The van der Waals surface area contributed by atoms with Gasteiger partial charge in [0.05, 0.1) is 0 Å². The number of Topliss-reactive ketones (excluding diaryl/α,β-unsaturated/α-hetero) is 1. The van der Waals surface area contributed by atoms with E-state index in [0.29, 0.717) is 11.7 Å². The maximum Gasteiger partial charge on any atom is 0.143 e. The van der Waals surface area contributed by atoms with Gasteiger partial charge in [-0.15, -0.1) is 0 Å². The lowest BCUT2D eigenvalue weighted by molar-refractivity contribution is -0.136. The largest absolute Gasteiger partial charge is 0.299 e. The van der Waals surface area contributed by atoms with E-state index in [1.54, 1.807) is 0 Å². The number of rotatable bonds is 1. The SMILES string of the molecule is C=C1CCC[C@]2(C)CC[C@H](C(C)C)C(=O)C12. The zero-order valence-electron chi connectivity index (χ0n) is 10.9. The number of ketones is 1. The molecule has 1 unspecified atom stereocenters. The van der Waals surface area contributed by atoms with E-state index in [4.69, 9.17) is 0 Å². The van der Waals surface area contributed by atoms with Gasteiger partial charge in [0.15, 0.2) is 0 Å². The van der Waals surface area contributed by atoms with Crippen LogP contribution in [0.15, 0.2) is 12.2 Å². The Morgan fingerprint density at radius 2 is 2.06 bits per heavy atom. The van der Waals surface area contributed by atoms with Crippen LogP contribution in [-0.2, 0) is 4.79 Å². The lowest BCUT2D eigenvalue weighted by Crippen LogP contribution is -2.46. The smallest absolute Gasteiger partial charge is 0.143 e. The molecule has 2 aliphatic carbocycles. The molecule has 0 aliphatic heterocycles. The Morgan fingerprint density at radius 3 is 2.69 bits per heavy atom. The Balaban J connectivity index is 2.27. The average molecular weight is 220 g/mol. The summed E-state index contributed by atoms with van der Waals surface area (Å²) in [5.74, 6) is 1.44. The van der Waals surface area contributed by atoms with E-state index in [2.05, 4.69) is 27.4 Å². The van der Waals surface area contributed by atoms with Gasteiger partial charge >= 0.3 is 0 Å². The Bertz CT molecular complexity index is 315. The molecule has 3 atom stereocenters. The first-order valence-corrected chi connectivity index (χ1v) is 6.67. The summed E-state index contributed by atoms with van der Waals surface area (Å²) in [5.41, 5.74) is 1.45. The van der Waals surface area contributed by atoms with Crippen LogP contribution in [0.4, 0.5) is 0 Å². The van der Waals surface area contributed by atoms with Crippen molar-refractivity contribution in [3.05, 3.63) is 12.2 Å². The van der Waals surface area contributed by atoms with Gasteiger partial charge in [0.25, 0.3) is 0 Å². The molecule has 0 saturated heterocycles. The van der Waals surface area contributed by atoms with Crippen LogP contribution in [0.25, 0.3) is 0 Å². The monoisotopic (exact) mass is 220 g/mol. The third-order valence-corrected chi connectivity index (χ3v) is 4.83. The quantitative estimate of drug-likeness (QED) is 0.611. The predicted octanol–water partition coefficient (Wildman–Crippen LogP) is 3.98. The summed E-state index contributed by atoms with van der Waals surface area (Å²) in [4.78, 5) is 12.6. The summed E-state index contributed by atoms with van der Waals surface area (Å²) in [6.07, 6.45) is 5.82. The lowest BCUT2D eigenvalue weighted by atomic mass is 9.55. The second-order valence-electron chi connectivity index (χ2n) is 6.39. The van der Waals surface area contributed by atoms with Gasteiger partial charge in [0.2, 0.25) is 0 Å². The molecule has 0 aromatic heterocycles. The van der Waals surface area contributed by atoms with E-state index >= 15 is 0 Å². The molecule has 90 valence electrons. The van der Waals surface area contributed by atoms with Gasteiger partial charge in [-0.3, -0.25) is 4.79 Å². The first-order valence-electron chi connectivity index (χ1n) is 6.67. The highest BCUT2D eigenvalue weighted by atomic mass is 16.1. The summed E-state index contributed by atoms with van der Waals surface area (Å²) < 4.78 is 0. The van der Waals surface area contributed by atoms with Crippen molar-refractivity contribution in [2.45, 2.75) is 52.9 Å². The van der Waals surface area contributed by atoms with Gasteiger partial charge in [-0.25, -0.2) is 0 Å². The number of allylic oxidation sites excluding steroid dienone is 1. The second kappa shape index (κ2) is 4.01. The molecule has 0 amide bonds. The molecular weight excluding hydrogens is 196 g/mol. The fraction of sp³-hybridized carbons (Fsp3) is 0.800. The molecule has 0 heterocycles. The van der Waals surface area contributed by atoms with E-state index in [1.807, 2.05) is 0 Å². The molecular formula is C15H24O. The van der Waals surface area contributed by atoms with Gasteiger partial charge in [-0.05, 0) is 43.4 Å². The average Bonchev–Trinajstić information content (AvgIpc) is 2.16. The molecule has 2 fully saturated rings. The van der Waals surface area contributed by atoms with Gasteiger partial charge < -0.3 is 0 Å². The normalized spacial score (nSPS) is 40.0. The number of hydrogen-bond donors (Lipinski definition) is 0. The highest BCUT2D eigenvalue weighted by Crippen LogP contribution is 2.52. The van der Waals surface area contributed by atoms with E-state index in [9.17, 15) is 4.79 Å². The number of fused-ring (bicyclic) bond motifs is 1. The van der Waals surface area contributed by atoms with Crippen molar-refractivity contribution in [1.82, 2.24) is 0 Å². The molecule has 1 nitrogen and oxygen atoms in total. The maximum absolute atomic E-state index is 12.6. The minimum Gasteiger partial charge on any atom is -0.299 e. The lowest BCUT2D eigenvalue weighted by Gasteiger charge is -2.48. The van der Waals surface area contributed by atoms with Crippen molar-refractivity contribution in [2.24, 2.45) is 23.2 Å². The summed E-state index contributed by atoms with van der Waals surface area (Å²) in [6.45, 7) is 10.8. The fourth-order valence-corrected chi connectivity index (χ4v) is 3.82. The predicted molar refractivity (Wildman–Crippen MR) is 67.2 cm³/mol. The fourth-order valence-electron chi connectivity index (χ4n) is 3.82. The molecule has 0 aromatic rings.